The first kappa shape index (κ1) is 18.3. The summed E-state index contributed by atoms with van der Waals surface area (Å²) < 4.78 is 37.8. The van der Waals surface area contributed by atoms with Crippen LogP contribution in [-0.2, 0) is 4.79 Å². The largest absolute Gasteiger partial charge is 0.480 e. The Morgan fingerprint density at radius 2 is 1.71 bits per heavy atom. The van der Waals surface area contributed by atoms with E-state index in [4.69, 9.17) is 5.11 Å². The molecule has 0 aromatic heterocycles. The van der Waals surface area contributed by atoms with Crippen molar-refractivity contribution in [1.82, 2.24) is 4.90 Å². The van der Waals surface area contributed by atoms with Crippen molar-refractivity contribution in [2.45, 2.75) is 65.1 Å². The predicted octanol–water partition coefficient (Wildman–Crippen LogP) is 3.93. The topological polar surface area (TPSA) is 40.5 Å². The fourth-order valence-electron chi connectivity index (χ4n) is 3.23. The highest BCUT2D eigenvalue weighted by molar-refractivity contribution is 5.69. The van der Waals surface area contributed by atoms with E-state index in [-0.39, 0.29) is 11.5 Å². The van der Waals surface area contributed by atoms with Gasteiger partial charge in [0.05, 0.1) is 13.1 Å². The van der Waals surface area contributed by atoms with Gasteiger partial charge in [-0.1, -0.05) is 27.2 Å². The molecule has 1 N–H and O–H groups in total. The minimum absolute atomic E-state index is 0.201. The van der Waals surface area contributed by atoms with Crippen LogP contribution in [0.5, 0.6) is 0 Å². The highest BCUT2D eigenvalue weighted by atomic mass is 19.4. The Morgan fingerprint density at radius 1 is 1.19 bits per heavy atom. The minimum atomic E-state index is -4.35. The van der Waals surface area contributed by atoms with Gasteiger partial charge in [0.1, 0.15) is 0 Å². The van der Waals surface area contributed by atoms with E-state index in [2.05, 4.69) is 20.8 Å². The number of carboxylic acids is 1. The van der Waals surface area contributed by atoms with E-state index >= 15 is 0 Å². The summed E-state index contributed by atoms with van der Waals surface area (Å²) in [5, 5.41) is 8.82. The SMILES string of the molecule is CCC(C)(C)C1CCC(N(CC(=O)O)CC(F)(F)F)CC1. The lowest BCUT2D eigenvalue weighted by atomic mass is 9.68. The first-order valence-corrected chi connectivity index (χ1v) is 7.57. The van der Waals surface area contributed by atoms with Crippen molar-refractivity contribution in [1.29, 1.82) is 0 Å². The number of carbonyl (C=O) groups is 1. The van der Waals surface area contributed by atoms with Crippen molar-refractivity contribution in [3.63, 3.8) is 0 Å². The highest BCUT2D eigenvalue weighted by Crippen LogP contribution is 2.41. The van der Waals surface area contributed by atoms with Crippen LogP contribution in [0.25, 0.3) is 0 Å². The number of carboxylic acid groups (broad SMARTS) is 1. The van der Waals surface area contributed by atoms with Crippen LogP contribution in [0.2, 0.25) is 0 Å². The van der Waals surface area contributed by atoms with Crippen molar-refractivity contribution >= 4 is 5.97 Å². The zero-order chi connectivity index (χ0) is 16.3. The van der Waals surface area contributed by atoms with Crippen LogP contribution < -0.4 is 0 Å². The average Bonchev–Trinajstić information content (AvgIpc) is 2.36. The molecule has 0 saturated heterocycles. The lowest BCUT2D eigenvalue weighted by Gasteiger charge is -2.42. The molecule has 1 saturated carbocycles. The molecule has 1 aliphatic carbocycles. The second-order valence-corrected chi connectivity index (χ2v) is 6.76. The second kappa shape index (κ2) is 6.99. The number of hydrogen-bond donors (Lipinski definition) is 1. The Labute approximate surface area is 124 Å². The molecule has 1 aliphatic rings. The van der Waals surface area contributed by atoms with Gasteiger partial charge in [-0.25, -0.2) is 0 Å². The number of hydrogen-bond acceptors (Lipinski definition) is 2. The summed E-state index contributed by atoms with van der Waals surface area (Å²) in [4.78, 5) is 11.9. The first-order chi connectivity index (χ1) is 9.55. The standard InChI is InChI=1S/C15H26F3NO2/c1-4-14(2,3)11-5-7-12(8-6-11)19(9-13(20)21)10-15(16,17)18/h11-12H,4-10H2,1-3H3,(H,20,21). The van der Waals surface area contributed by atoms with Gasteiger partial charge in [0.15, 0.2) is 0 Å². The van der Waals surface area contributed by atoms with Gasteiger partial charge in [0.2, 0.25) is 0 Å². The normalized spacial score (nSPS) is 24.3. The molecule has 0 aliphatic heterocycles. The maximum Gasteiger partial charge on any atom is 0.401 e. The van der Waals surface area contributed by atoms with Crippen LogP contribution in [-0.4, -0.2) is 41.3 Å². The molecule has 0 aromatic rings. The number of alkyl halides is 3. The van der Waals surface area contributed by atoms with Gasteiger partial charge in [-0.3, -0.25) is 9.69 Å². The molecule has 124 valence electrons. The van der Waals surface area contributed by atoms with E-state index in [1.165, 1.54) is 0 Å². The monoisotopic (exact) mass is 309 g/mol. The highest BCUT2D eigenvalue weighted by Gasteiger charge is 2.38. The molecule has 0 aromatic carbocycles. The first-order valence-electron chi connectivity index (χ1n) is 7.57. The molecular formula is C15H26F3NO2. The van der Waals surface area contributed by atoms with E-state index in [9.17, 15) is 18.0 Å². The van der Waals surface area contributed by atoms with E-state index in [0.29, 0.717) is 18.8 Å². The third-order valence-electron chi connectivity index (χ3n) is 4.95. The molecular weight excluding hydrogens is 283 g/mol. The number of nitrogens with zero attached hydrogens (tertiary/aromatic N) is 1. The van der Waals surface area contributed by atoms with E-state index in [1.54, 1.807) is 0 Å². The third kappa shape index (κ3) is 5.85. The summed E-state index contributed by atoms with van der Waals surface area (Å²) in [6.45, 7) is 4.86. The summed E-state index contributed by atoms with van der Waals surface area (Å²) in [5.74, 6) is -0.688. The summed E-state index contributed by atoms with van der Waals surface area (Å²) in [6.07, 6.45) is -0.257. The van der Waals surface area contributed by atoms with Crippen molar-refractivity contribution in [3.8, 4) is 0 Å². The zero-order valence-corrected chi connectivity index (χ0v) is 13.0. The molecule has 0 unspecified atom stereocenters. The molecule has 0 atom stereocenters. The van der Waals surface area contributed by atoms with Crippen LogP contribution in [0.3, 0.4) is 0 Å². The van der Waals surface area contributed by atoms with Gasteiger partial charge in [-0.2, -0.15) is 13.2 Å². The van der Waals surface area contributed by atoms with Crippen LogP contribution in [0.1, 0.15) is 52.9 Å². The maximum atomic E-state index is 12.6. The van der Waals surface area contributed by atoms with Gasteiger partial charge in [0.25, 0.3) is 0 Å². The Hall–Kier alpha value is -0.780. The number of aliphatic carboxylic acids is 1. The second-order valence-electron chi connectivity index (χ2n) is 6.76. The van der Waals surface area contributed by atoms with Crippen LogP contribution >= 0.6 is 0 Å². The fraction of sp³-hybridized carbons (Fsp3) is 0.933. The molecule has 6 heteroatoms. The Bertz CT molecular complexity index is 347. The molecule has 21 heavy (non-hydrogen) atoms. The van der Waals surface area contributed by atoms with Crippen molar-refractivity contribution < 1.29 is 23.1 Å². The molecule has 0 amide bonds. The minimum Gasteiger partial charge on any atom is -0.480 e. The van der Waals surface area contributed by atoms with Crippen molar-refractivity contribution in [3.05, 3.63) is 0 Å². The van der Waals surface area contributed by atoms with Gasteiger partial charge in [-0.05, 0) is 37.0 Å². The van der Waals surface area contributed by atoms with E-state index < -0.39 is 25.2 Å². The molecule has 0 spiro atoms. The van der Waals surface area contributed by atoms with Gasteiger partial charge >= 0.3 is 12.1 Å². The maximum absolute atomic E-state index is 12.6. The number of rotatable bonds is 6. The lowest BCUT2D eigenvalue weighted by molar-refractivity contribution is -0.160. The zero-order valence-electron chi connectivity index (χ0n) is 13.0. The molecule has 1 fully saturated rings. The predicted molar refractivity (Wildman–Crippen MR) is 75.1 cm³/mol. The van der Waals surface area contributed by atoms with Gasteiger partial charge in [0, 0.05) is 6.04 Å². The quantitative estimate of drug-likeness (QED) is 0.808. The lowest BCUT2D eigenvalue weighted by Crippen LogP contribution is -2.46. The Morgan fingerprint density at radius 3 is 2.10 bits per heavy atom. The van der Waals surface area contributed by atoms with E-state index in [1.807, 2.05) is 0 Å². The van der Waals surface area contributed by atoms with Crippen LogP contribution in [0, 0.1) is 11.3 Å². The smallest absolute Gasteiger partial charge is 0.401 e. The third-order valence-corrected chi connectivity index (χ3v) is 4.95. The Kier molecular flexibility index (Phi) is 6.08. The molecule has 0 heterocycles. The molecule has 1 rings (SSSR count). The van der Waals surface area contributed by atoms with Crippen LogP contribution in [0.15, 0.2) is 0 Å². The van der Waals surface area contributed by atoms with Crippen molar-refractivity contribution in [2.24, 2.45) is 11.3 Å². The average molecular weight is 309 g/mol. The van der Waals surface area contributed by atoms with Gasteiger partial charge in [-0.15, -0.1) is 0 Å². The number of halogens is 3. The molecule has 3 nitrogen and oxygen atoms in total. The Balaban J connectivity index is 2.64. The summed E-state index contributed by atoms with van der Waals surface area (Å²) in [6, 6.07) is -0.272. The van der Waals surface area contributed by atoms with Crippen molar-refractivity contribution in [2.75, 3.05) is 13.1 Å². The molecule has 0 bridgehead atoms. The summed E-state index contributed by atoms with van der Waals surface area (Å²) in [7, 11) is 0. The van der Waals surface area contributed by atoms with Crippen LogP contribution in [0.4, 0.5) is 13.2 Å². The summed E-state index contributed by atoms with van der Waals surface area (Å²) in [5.41, 5.74) is 0.201. The fourth-order valence-corrected chi connectivity index (χ4v) is 3.23. The molecule has 0 radical (unpaired) electrons. The van der Waals surface area contributed by atoms with E-state index in [0.717, 1.165) is 24.2 Å². The summed E-state index contributed by atoms with van der Waals surface area (Å²) >= 11 is 0. The van der Waals surface area contributed by atoms with Gasteiger partial charge < -0.3 is 5.11 Å².